The van der Waals surface area contributed by atoms with Crippen LogP contribution in [0.25, 0.3) is 5.69 Å². The summed E-state index contributed by atoms with van der Waals surface area (Å²) in [7, 11) is 2.02. The monoisotopic (exact) mass is 327 g/mol. The van der Waals surface area contributed by atoms with Crippen molar-refractivity contribution >= 4 is 0 Å². The minimum Gasteiger partial charge on any atom is -0.337 e. The molecule has 1 aliphatic rings. The van der Waals surface area contributed by atoms with Crippen LogP contribution in [0, 0.1) is 12.7 Å². The van der Waals surface area contributed by atoms with Crippen LogP contribution in [-0.2, 0) is 26.6 Å². The number of tetrazole rings is 1. The number of nitrogens with zero attached hydrogens (tertiary/aromatic N) is 7. The van der Waals surface area contributed by atoms with Gasteiger partial charge in [-0.1, -0.05) is 6.07 Å². The number of halogens is 1. The molecule has 8 heteroatoms. The Bertz CT molecular complexity index is 882. The second-order valence-corrected chi connectivity index (χ2v) is 6.17. The minimum atomic E-state index is -0.334. The van der Waals surface area contributed by atoms with Gasteiger partial charge in [0, 0.05) is 32.3 Å². The Morgan fingerprint density at radius 3 is 3.04 bits per heavy atom. The molecule has 7 nitrogen and oxygen atoms in total. The number of benzene rings is 1. The Kier molecular flexibility index (Phi) is 3.61. The van der Waals surface area contributed by atoms with Crippen LogP contribution in [0.4, 0.5) is 4.39 Å². The molecule has 1 aliphatic heterocycles. The summed E-state index contributed by atoms with van der Waals surface area (Å²) in [4.78, 5) is 6.67. The van der Waals surface area contributed by atoms with E-state index in [4.69, 9.17) is 0 Å². The molecule has 0 saturated carbocycles. The van der Waals surface area contributed by atoms with Crippen molar-refractivity contribution in [3.8, 4) is 5.69 Å². The zero-order valence-electron chi connectivity index (χ0n) is 13.6. The zero-order chi connectivity index (χ0) is 16.7. The van der Waals surface area contributed by atoms with Crippen LogP contribution in [0.5, 0.6) is 0 Å². The van der Waals surface area contributed by atoms with Crippen LogP contribution >= 0.6 is 0 Å². The van der Waals surface area contributed by atoms with Gasteiger partial charge in [0.05, 0.1) is 18.6 Å². The highest BCUT2D eigenvalue weighted by molar-refractivity contribution is 5.36. The van der Waals surface area contributed by atoms with E-state index in [-0.39, 0.29) is 5.82 Å². The van der Waals surface area contributed by atoms with Crippen LogP contribution in [0.2, 0.25) is 0 Å². The quantitative estimate of drug-likeness (QED) is 0.728. The van der Waals surface area contributed by atoms with Crippen molar-refractivity contribution in [2.75, 3.05) is 6.54 Å². The maximum atomic E-state index is 14.1. The van der Waals surface area contributed by atoms with Gasteiger partial charge in [-0.25, -0.2) is 9.37 Å². The average molecular weight is 327 g/mol. The maximum absolute atomic E-state index is 14.1. The highest BCUT2D eigenvalue weighted by Crippen LogP contribution is 2.20. The molecule has 2 aromatic heterocycles. The highest BCUT2D eigenvalue weighted by Gasteiger charge is 2.22. The second kappa shape index (κ2) is 5.79. The molecule has 0 fully saturated rings. The van der Waals surface area contributed by atoms with Gasteiger partial charge in [-0.2, -0.15) is 4.68 Å². The van der Waals surface area contributed by atoms with Gasteiger partial charge in [-0.3, -0.25) is 4.90 Å². The van der Waals surface area contributed by atoms with Crippen molar-refractivity contribution in [3.63, 3.8) is 0 Å². The summed E-state index contributed by atoms with van der Waals surface area (Å²) >= 11 is 0. The third-order valence-corrected chi connectivity index (χ3v) is 4.41. The maximum Gasteiger partial charge on any atom is 0.170 e. The van der Waals surface area contributed by atoms with Crippen LogP contribution < -0.4 is 0 Å². The van der Waals surface area contributed by atoms with E-state index in [9.17, 15) is 4.39 Å². The van der Waals surface area contributed by atoms with Gasteiger partial charge in [0.2, 0.25) is 0 Å². The lowest BCUT2D eigenvalue weighted by Crippen LogP contribution is -2.31. The highest BCUT2D eigenvalue weighted by atomic mass is 19.1. The Hall–Kier alpha value is -2.61. The van der Waals surface area contributed by atoms with Gasteiger partial charge in [-0.15, -0.1) is 5.10 Å². The van der Waals surface area contributed by atoms with Gasteiger partial charge in [0.15, 0.2) is 5.82 Å². The number of imidazole rings is 1. The Morgan fingerprint density at radius 1 is 1.29 bits per heavy atom. The summed E-state index contributed by atoms with van der Waals surface area (Å²) in [6.45, 7) is 4.12. The molecular weight excluding hydrogens is 309 g/mol. The predicted octanol–water partition coefficient (Wildman–Crippen LogP) is 1.40. The zero-order valence-corrected chi connectivity index (χ0v) is 13.6. The van der Waals surface area contributed by atoms with Crippen molar-refractivity contribution in [2.24, 2.45) is 7.05 Å². The first-order valence-corrected chi connectivity index (χ1v) is 7.87. The van der Waals surface area contributed by atoms with Crippen molar-refractivity contribution in [1.29, 1.82) is 0 Å². The lowest BCUT2D eigenvalue weighted by molar-refractivity contribution is 0.232. The van der Waals surface area contributed by atoms with Gasteiger partial charge >= 0.3 is 0 Å². The number of rotatable bonds is 3. The van der Waals surface area contributed by atoms with E-state index in [2.05, 4.69) is 30.0 Å². The fourth-order valence-electron chi connectivity index (χ4n) is 3.12. The van der Waals surface area contributed by atoms with Crippen LogP contribution in [0.15, 0.2) is 24.5 Å². The van der Waals surface area contributed by atoms with Crippen molar-refractivity contribution in [2.45, 2.75) is 26.4 Å². The number of hydrogen-bond acceptors (Lipinski definition) is 5. The Morgan fingerprint density at radius 2 is 2.17 bits per heavy atom. The third-order valence-electron chi connectivity index (χ3n) is 4.41. The average Bonchev–Trinajstić information content (AvgIpc) is 3.17. The van der Waals surface area contributed by atoms with Crippen molar-refractivity contribution in [3.05, 3.63) is 53.1 Å². The Balaban J connectivity index is 1.59. The molecule has 0 aliphatic carbocycles. The molecule has 24 heavy (non-hydrogen) atoms. The molecule has 3 aromatic rings. The van der Waals surface area contributed by atoms with E-state index in [0.717, 1.165) is 30.8 Å². The number of hydrogen-bond donors (Lipinski definition) is 0. The standard InChI is InChI=1S/C16H18FN7/c1-11-3-4-12(17)15(7-11)24-16(19-20-21-24)9-23-6-5-14-13(8-23)18-10-22(14)2/h3-4,7,10H,5-6,8-9H2,1-2H3. The lowest BCUT2D eigenvalue weighted by Gasteiger charge is -2.25. The van der Waals surface area contributed by atoms with Gasteiger partial charge < -0.3 is 4.57 Å². The normalized spacial score (nSPS) is 14.8. The first kappa shape index (κ1) is 14.9. The summed E-state index contributed by atoms with van der Waals surface area (Å²) in [5, 5.41) is 11.8. The SMILES string of the molecule is Cc1ccc(F)c(-n2nnnc2CN2CCc3c(ncn3C)C2)c1. The summed E-state index contributed by atoms with van der Waals surface area (Å²) < 4.78 is 17.7. The molecule has 0 bridgehead atoms. The topological polar surface area (TPSA) is 64.7 Å². The van der Waals surface area contributed by atoms with E-state index in [1.165, 1.54) is 16.4 Å². The molecule has 0 saturated heterocycles. The molecule has 0 amide bonds. The summed E-state index contributed by atoms with van der Waals surface area (Å²) in [6, 6.07) is 4.93. The lowest BCUT2D eigenvalue weighted by atomic mass is 10.1. The largest absolute Gasteiger partial charge is 0.337 e. The fourth-order valence-corrected chi connectivity index (χ4v) is 3.12. The molecule has 3 heterocycles. The summed E-state index contributed by atoms with van der Waals surface area (Å²) in [5.41, 5.74) is 3.70. The van der Waals surface area contributed by atoms with Gasteiger partial charge in [0.25, 0.3) is 0 Å². The van der Waals surface area contributed by atoms with E-state index in [1.54, 1.807) is 12.1 Å². The van der Waals surface area contributed by atoms with Gasteiger partial charge in [-0.05, 0) is 35.0 Å². The molecular formula is C16H18FN7. The van der Waals surface area contributed by atoms with Crippen molar-refractivity contribution < 1.29 is 4.39 Å². The molecule has 0 atom stereocenters. The van der Waals surface area contributed by atoms with E-state index >= 15 is 0 Å². The minimum absolute atomic E-state index is 0.334. The predicted molar refractivity (Wildman–Crippen MR) is 84.9 cm³/mol. The molecule has 0 N–H and O–H groups in total. The number of fused-ring (bicyclic) bond motifs is 1. The first-order valence-electron chi connectivity index (χ1n) is 7.87. The number of aromatic nitrogens is 6. The molecule has 1 aromatic carbocycles. The smallest absolute Gasteiger partial charge is 0.170 e. The molecule has 0 spiro atoms. The van der Waals surface area contributed by atoms with Gasteiger partial charge in [0.1, 0.15) is 11.5 Å². The molecule has 124 valence electrons. The fraction of sp³-hybridized carbons (Fsp3) is 0.375. The van der Waals surface area contributed by atoms with Crippen LogP contribution in [0.1, 0.15) is 22.8 Å². The number of aryl methyl sites for hydroxylation is 2. The van der Waals surface area contributed by atoms with E-state index in [1.807, 2.05) is 20.3 Å². The molecule has 0 radical (unpaired) electrons. The van der Waals surface area contributed by atoms with E-state index < -0.39 is 0 Å². The first-order chi connectivity index (χ1) is 11.6. The van der Waals surface area contributed by atoms with E-state index in [0.29, 0.717) is 18.1 Å². The van der Waals surface area contributed by atoms with Crippen LogP contribution in [-0.4, -0.2) is 41.2 Å². The second-order valence-electron chi connectivity index (χ2n) is 6.17. The van der Waals surface area contributed by atoms with Crippen LogP contribution in [0.3, 0.4) is 0 Å². The molecule has 0 unspecified atom stereocenters. The molecule has 4 rings (SSSR count). The Labute approximate surface area is 138 Å². The summed E-state index contributed by atoms with van der Waals surface area (Å²) in [6.07, 6.45) is 2.78. The summed E-state index contributed by atoms with van der Waals surface area (Å²) in [5.74, 6) is 0.290. The van der Waals surface area contributed by atoms with Crippen molar-refractivity contribution in [1.82, 2.24) is 34.7 Å². The third kappa shape index (κ3) is 2.58.